The van der Waals surface area contributed by atoms with E-state index >= 15 is 0 Å². The molecule has 1 heterocycles. The fraction of sp³-hybridized carbons (Fsp3) is 0.700. The summed E-state index contributed by atoms with van der Waals surface area (Å²) in [7, 11) is 0. The van der Waals surface area contributed by atoms with Gasteiger partial charge in [-0.3, -0.25) is 4.79 Å². The Morgan fingerprint density at radius 1 is 1.75 bits per heavy atom. The molecule has 1 rings (SSSR count). The smallest absolute Gasteiger partial charge is 0.306 e. The number of ether oxygens (including phenoxy) is 1. The lowest BCUT2D eigenvalue weighted by molar-refractivity contribution is -0.153. The Hall–Kier alpha value is -0.790. The van der Waals surface area contributed by atoms with Crippen molar-refractivity contribution < 1.29 is 9.53 Å². The van der Waals surface area contributed by atoms with E-state index in [1.54, 1.807) is 0 Å². The van der Waals surface area contributed by atoms with E-state index in [1.165, 1.54) is 0 Å². The molecule has 1 saturated heterocycles. The van der Waals surface area contributed by atoms with Gasteiger partial charge in [-0.1, -0.05) is 13.0 Å². The molecular weight excluding hydrogens is 152 g/mol. The first-order chi connectivity index (χ1) is 5.72. The van der Waals surface area contributed by atoms with Crippen molar-refractivity contribution in [1.82, 2.24) is 0 Å². The van der Waals surface area contributed by atoms with Gasteiger partial charge in [0.15, 0.2) is 0 Å². The molecule has 0 aromatic rings. The van der Waals surface area contributed by atoms with Crippen molar-refractivity contribution in [2.45, 2.75) is 32.6 Å². The average Bonchev–Trinajstić information content (AvgIpc) is 2.05. The number of carbonyl (C=O) groups is 1. The summed E-state index contributed by atoms with van der Waals surface area (Å²) in [6, 6.07) is 0. The van der Waals surface area contributed by atoms with Crippen LogP contribution in [-0.4, -0.2) is 12.6 Å². The van der Waals surface area contributed by atoms with Crippen LogP contribution in [0.2, 0.25) is 0 Å². The highest BCUT2D eigenvalue weighted by molar-refractivity contribution is 5.71. The first-order valence-corrected chi connectivity index (χ1v) is 4.49. The Labute approximate surface area is 73.6 Å². The van der Waals surface area contributed by atoms with Crippen LogP contribution in [0, 0.1) is 5.41 Å². The first kappa shape index (κ1) is 9.30. The number of rotatable bonds is 3. The molecule has 1 aliphatic rings. The van der Waals surface area contributed by atoms with Crippen LogP contribution in [-0.2, 0) is 9.53 Å². The molecule has 0 saturated carbocycles. The number of hydrogen-bond donors (Lipinski definition) is 0. The predicted molar refractivity (Wildman–Crippen MR) is 47.7 cm³/mol. The summed E-state index contributed by atoms with van der Waals surface area (Å²) in [6.45, 7) is 6.43. The molecule has 2 heteroatoms. The van der Waals surface area contributed by atoms with Gasteiger partial charge in [0.1, 0.15) is 0 Å². The third-order valence-corrected chi connectivity index (χ3v) is 2.74. The summed E-state index contributed by atoms with van der Waals surface area (Å²) < 4.78 is 4.91. The molecular formula is C10H16O2. The number of carbonyl (C=O) groups excluding carboxylic acids is 1. The second-order valence-electron chi connectivity index (χ2n) is 3.49. The maximum atomic E-state index is 11.1. The maximum absolute atomic E-state index is 11.1. The lowest BCUT2D eigenvalue weighted by atomic mass is 9.75. The summed E-state index contributed by atoms with van der Waals surface area (Å²) >= 11 is 0. The Bertz CT molecular complexity index is 186. The van der Waals surface area contributed by atoms with Gasteiger partial charge in [0, 0.05) is 0 Å². The number of esters is 1. The molecule has 0 radical (unpaired) electrons. The second kappa shape index (κ2) is 3.74. The van der Waals surface area contributed by atoms with E-state index in [0.717, 1.165) is 19.3 Å². The molecule has 12 heavy (non-hydrogen) atoms. The van der Waals surface area contributed by atoms with Gasteiger partial charge in [0.05, 0.1) is 13.0 Å². The van der Waals surface area contributed by atoms with E-state index in [2.05, 4.69) is 13.5 Å². The quantitative estimate of drug-likeness (QED) is 0.477. The van der Waals surface area contributed by atoms with Crippen LogP contribution in [0.25, 0.3) is 0 Å². The molecule has 0 amide bonds. The van der Waals surface area contributed by atoms with Crippen molar-refractivity contribution >= 4 is 5.97 Å². The van der Waals surface area contributed by atoms with Crippen LogP contribution in [0.4, 0.5) is 0 Å². The van der Waals surface area contributed by atoms with E-state index < -0.39 is 0 Å². The third-order valence-electron chi connectivity index (χ3n) is 2.74. The molecule has 0 spiro atoms. The average molecular weight is 168 g/mol. The molecule has 0 aromatic heterocycles. The molecule has 0 aromatic carbocycles. The zero-order valence-corrected chi connectivity index (χ0v) is 7.64. The summed E-state index contributed by atoms with van der Waals surface area (Å²) in [6.07, 6.45) is 5.42. The zero-order chi connectivity index (χ0) is 9.03. The van der Waals surface area contributed by atoms with Crippen molar-refractivity contribution in [1.29, 1.82) is 0 Å². The third kappa shape index (κ3) is 1.87. The fourth-order valence-electron chi connectivity index (χ4n) is 1.75. The van der Waals surface area contributed by atoms with Gasteiger partial charge >= 0.3 is 5.97 Å². The van der Waals surface area contributed by atoms with Crippen molar-refractivity contribution in [2.24, 2.45) is 5.41 Å². The second-order valence-corrected chi connectivity index (χ2v) is 3.49. The molecule has 68 valence electrons. The minimum atomic E-state index is -0.0510. The molecule has 1 unspecified atom stereocenters. The van der Waals surface area contributed by atoms with Crippen LogP contribution in [0.3, 0.4) is 0 Å². The zero-order valence-electron chi connectivity index (χ0n) is 7.64. The van der Waals surface area contributed by atoms with Crippen LogP contribution in [0.5, 0.6) is 0 Å². The Balaban J connectivity index is 2.63. The van der Waals surface area contributed by atoms with E-state index in [1.807, 2.05) is 6.08 Å². The summed E-state index contributed by atoms with van der Waals surface area (Å²) in [5, 5.41) is 0. The highest BCUT2D eigenvalue weighted by Crippen LogP contribution is 2.37. The Kier molecular flexibility index (Phi) is 2.90. The van der Waals surface area contributed by atoms with E-state index in [0.29, 0.717) is 13.0 Å². The molecule has 0 bridgehead atoms. The molecule has 0 N–H and O–H groups in total. The molecule has 1 aliphatic heterocycles. The SMILES string of the molecule is C=CCC1(CC)CCOC(=O)C1. The van der Waals surface area contributed by atoms with Gasteiger partial charge in [0.2, 0.25) is 0 Å². The standard InChI is InChI=1S/C10H16O2/c1-3-5-10(4-2)6-7-12-9(11)8-10/h3H,1,4-8H2,2H3. The molecule has 2 nitrogen and oxygen atoms in total. The van der Waals surface area contributed by atoms with Gasteiger partial charge in [-0.25, -0.2) is 0 Å². The minimum absolute atomic E-state index is 0.0510. The van der Waals surface area contributed by atoms with Gasteiger partial charge in [-0.05, 0) is 24.7 Å². The number of cyclic esters (lactones) is 1. The lowest BCUT2D eigenvalue weighted by Gasteiger charge is -2.34. The highest BCUT2D eigenvalue weighted by Gasteiger charge is 2.33. The number of allylic oxidation sites excluding steroid dienone is 1. The Morgan fingerprint density at radius 2 is 2.50 bits per heavy atom. The monoisotopic (exact) mass is 168 g/mol. The summed E-state index contributed by atoms with van der Waals surface area (Å²) in [5.41, 5.74) is 0.150. The highest BCUT2D eigenvalue weighted by atomic mass is 16.5. The van der Waals surface area contributed by atoms with Crippen molar-refractivity contribution in [3.63, 3.8) is 0 Å². The van der Waals surface area contributed by atoms with Crippen molar-refractivity contribution in [2.75, 3.05) is 6.61 Å². The number of hydrogen-bond acceptors (Lipinski definition) is 2. The van der Waals surface area contributed by atoms with E-state index in [4.69, 9.17) is 4.74 Å². The van der Waals surface area contributed by atoms with Crippen molar-refractivity contribution in [3.8, 4) is 0 Å². The van der Waals surface area contributed by atoms with Gasteiger partial charge in [-0.2, -0.15) is 0 Å². The van der Waals surface area contributed by atoms with Crippen LogP contribution >= 0.6 is 0 Å². The van der Waals surface area contributed by atoms with Gasteiger partial charge in [-0.15, -0.1) is 6.58 Å². The fourth-order valence-corrected chi connectivity index (χ4v) is 1.75. The first-order valence-electron chi connectivity index (χ1n) is 4.49. The predicted octanol–water partition coefficient (Wildman–Crippen LogP) is 2.30. The molecule has 1 atom stereocenters. The topological polar surface area (TPSA) is 26.3 Å². The van der Waals surface area contributed by atoms with Crippen LogP contribution < -0.4 is 0 Å². The largest absolute Gasteiger partial charge is 0.466 e. The normalized spacial score (nSPS) is 29.6. The van der Waals surface area contributed by atoms with Gasteiger partial charge in [0.25, 0.3) is 0 Å². The Morgan fingerprint density at radius 3 is 3.00 bits per heavy atom. The molecule has 1 fully saturated rings. The lowest BCUT2D eigenvalue weighted by Crippen LogP contribution is -2.31. The minimum Gasteiger partial charge on any atom is -0.466 e. The maximum Gasteiger partial charge on any atom is 0.306 e. The summed E-state index contributed by atoms with van der Waals surface area (Å²) in [4.78, 5) is 11.1. The van der Waals surface area contributed by atoms with E-state index in [9.17, 15) is 4.79 Å². The van der Waals surface area contributed by atoms with Crippen molar-refractivity contribution in [3.05, 3.63) is 12.7 Å². The van der Waals surface area contributed by atoms with Crippen LogP contribution in [0.15, 0.2) is 12.7 Å². The van der Waals surface area contributed by atoms with Crippen LogP contribution in [0.1, 0.15) is 32.6 Å². The van der Waals surface area contributed by atoms with E-state index in [-0.39, 0.29) is 11.4 Å². The van der Waals surface area contributed by atoms with Gasteiger partial charge < -0.3 is 4.74 Å². The summed E-state index contributed by atoms with van der Waals surface area (Å²) in [5.74, 6) is -0.0510. The molecule has 0 aliphatic carbocycles.